The Kier molecular flexibility index (Phi) is 7.62. The molecule has 0 radical (unpaired) electrons. The first-order valence-corrected chi connectivity index (χ1v) is 10.6. The third-order valence-electron chi connectivity index (χ3n) is 5.23. The van der Waals surface area contributed by atoms with Crippen molar-refractivity contribution in [1.82, 2.24) is 14.9 Å². The summed E-state index contributed by atoms with van der Waals surface area (Å²) in [5.41, 5.74) is 0. The van der Waals surface area contributed by atoms with E-state index < -0.39 is 15.8 Å². The summed E-state index contributed by atoms with van der Waals surface area (Å²) >= 11 is 0. The van der Waals surface area contributed by atoms with E-state index in [9.17, 15) is 17.6 Å². The lowest BCUT2D eigenvalue weighted by atomic mass is 9.91. The van der Waals surface area contributed by atoms with Crippen molar-refractivity contribution in [3.8, 4) is 0 Å². The number of amides is 1. The maximum atomic E-state index is 13.0. The van der Waals surface area contributed by atoms with Crippen molar-refractivity contribution >= 4 is 28.3 Å². The quantitative estimate of drug-likeness (QED) is 0.781. The topological polar surface area (TPSA) is 78.5 Å². The molecule has 0 aromatic heterocycles. The molecule has 1 amide bonds. The molecule has 3 rings (SSSR count). The molecule has 2 heterocycles. The highest BCUT2D eigenvalue weighted by molar-refractivity contribution is 7.89. The van der Waals surface area contributed by atoms with Crippen molar-refractivity contribution in [2.24, 2.45) is 5.92 Å². The molecule has 0 bridgehead atoms. The molecule has 0 spiro atoms. The summed E-state index contributed by atoms with van der Waals surface area (Å²) in [6.45, 7) is 4.09. The highest BCUT2D eigenvalue weighted by atomic mass is 35.5. The molecule has 2 aliphatic rings. The first-order chi connectivity index (χ1) is 12.3. The number of halogens is 2. The highest BCUT2D eigenvalue weighted by Gasteiger charge is 2.32. The van der Waals surface area contributed by atoms with E-state index in [2.05, 4.69) is 17.0 Å². The number of nitrogens with one attached hydrogen (secondary N) is 2. The Hall–Kier alpha value is -1.22. The van der Waals surface area contributed by atoms with Crippen molar-refractivity contribution < 1.29 is 17.6 Å². The summed E-state index contributed by atoms with van der Waals surface area (Å²) in [5.74, 6) is -0.208. The van der Waals surface area contributed by atoms with Crippen LogP contribution in [0, 0.1) is 11.7 Å². The minimum Gasteiger partial charge on any atom is -0.342 e. The van der Waals surface area contributed by atoms with Crippen LogP contribution in [0.25, 0.3) is 0 Å². The number of benzene rings is 1. The monoisotopic (exact) mass is 419 g/mol. The normalized spacial score (nSPS) is 24.3. The summed E-state index contributed by atoms with van der Waals surface area (Å²) in [7, 11) is -3.67. The molecule has 27 heavy (non-hydrogen) atoms. The Morgan fingerprint density at radius 3 is 2.41 bits per heavy atom. The van der Waals surface area contributed by atoms with Crippen LogP contribution >= 0.6 is 12.4 Å². The molecule has 152 valence electrons. The van der Waals surface area contributed by atoms with Gasteiger partial charge in [0.1, 0.15) is 5.82 Å². The van der Waals surface area contributed by atoms with E-state index in [4.69, 9.17) is 0 Å². The lowest BCUT2D eigenvalue weighted by Gasteiger charge is -2.36. The van der Waals surface area contributed by atoms with Gasteiger partial charge in [-0.25, -0.2) is 17.5 Å². The van der Waals surface area contributed by atoms with Crippen LogP contribution in [0.1, 0.15) is 32.6 Å². The summed E-state index contributed by atoms with van der Waals surface area (Å²) < 4.78 is 40.4. The average Bonchev–Trinajstić information content (AvgIpc) is 2.62. The van der Waals surface area contributed by atoms with E-state index >= 15 is 0 Å². The summed E-state index contributed by atoms with van der Waals surface area (Å²) in [6.07, 6.45) is 2.90. The fourth-order valence-corrected chi connectivity index (χ4v) is 5.04. The second-order valence-electron chi connectivity index (χ2n) is 7.25. The Labute approximate surface area is 166 Å². The minimum absolute atomic E-state index is 0. The minimum atomic E-state index is -3.67. The van der Waals surface area contributed by atoms with Crippen LogP contribution in [0.2, 0.25) is 0 Å². The Bertz CT molecular complexity index is 737. The Morgan fingerprint density at radius 1 is 1.19 bits per heavy atom. The summed E-state index contributed by atoms with van der Waals surface area (Å²) in [6, 6.07) is 4.94. The average molecular weight is 420 g/mol. The van der Waals surface area contributed by atoms with Crippen LogP contribution < -0.4 is 10.0 Å². The van der Waals surface area contributed by atoms with E-state index in [-0.39, 0.29) is 35.2 Å². The molecular weight excluding hydrogens is 393 g/mol. The first-order valence-electron chi connectivity index (χ1n) is 9.15. The van der Waals surface area contributed by atoms with Gasteiger partial charge in [-0.1, -0.05) is 0 Å². The van der Waals surface area contributed by atoms with Gasteiger partial charge in [-0.2, -0.15) is 0 Å². The predicted molar refractivity (Wildman–Crippen MR) is 104 cm³/mol. The predicted octanol–water partition coefficient (Wildman–Crippen LogP) is 1.90. The lowest BCUT2D eigenvalue weighted by molar-refractivity contribution is -0.137. The fraction of sp³-hybridized carbons (Fsp3) is 0.611. The summed E-state index contributed by atoms with van der Waals surface area (Å²) in [4.78, 5) is 14.6. The molecule has 1 aromatic carbocycles. The van der Waals surface area contributed by atoms with Crippen LogP contribution in [0.3, 0.4) is 0 Å². The lowest BCUT2D eigenvalue weighted by Crippen LogP contribution is -2.50. The second kappa shape index (κ2) is 9.32. The van der Waals surface area contributed by atoms with Gasteiger partial charge in [-0.05, 0) is 63.4 Å². The zero-order valence-electron chi connectivity index (χ0n) is 15.4. The molecule has 0 aliphatic carbocycles. The van der Waals surface area contributed by atoms with Gasteiger partial charge in [-0.15, -0.1) is 12.4 Å². The number of nitrogens with zero attached hydrogens (tertiary/aromatic N) is 1. The number of sulfonamides is 1. The molecule has 0 saturated carbocycles. The van der Waals surface area contributed by atoms with Gasteiger partial charge in [0.2, 0.25) is 15.9 Å². The van der Waals surface area contributed by atoms with Gasteiger partial charge in [0.15, 0.2) is 0 Å². The number of carbonyl (C=O) groups is 1. The van der Waals surface area contributed by atoms with Gasteiger partial charge in [-0.3, -0.25) is 4.79 Å². The molecular formula is C18H27ClFN3O3S. The van der Waals surface area contributed by atoms with Gasteiger partial charge >= 0.3 is 0 Å². The molecule has 2 fully saturated rings. The van der Waals surface area contributed by atoms with Crippen molar-refractivity contribution in [1.29, 1.82) is 0 Å². The van der Waals surface area contributed by atoms with Crippen LogP contribution in [0.4, 0.5) is 4.39 Å². The Balaban J connectivity index is 0.00000261. The zero-order valence-corrected chi connectivity index (χ0v) is 17.0. The molecule has 2 saturated heterocycles. The SMILES string of the molecule is C[C@H]1C[C@@H](C(=O)N2CCC(NS(=O)(=O)c3ccc(F)cc3)CC2)CCN1.Cl. The van der Waals surface area contributed by atoms with Gasteiger partial charge in [0.05, 0.1) is 4.90 Å². The van der Waals surface area contributed by atoms with E-state index in [0.29, 0.717) is 32.0 Å². The van der Waals surface area contributed by atoms with Gasteiger partial charge in [0.25, 0.3) is 0 Å². The van der Waals surface area contributed by atoms with Crippen molar-refractivity contribution in [2.75, 3.05) is 19.6 Å². The molecule has 6 nitrogen and oxygen atoms in total. The van der Waals surface area contributed by atoms with E-state index in [1.54, 1.807) is 0 Å². The van der Waals surface area contributed by atoms with Crippen LogP contribution in [-0.2, 0) is 14.8 Å². The maximum Gasteiger partial charge on any atom is 0.240 e. The number of piperidine rings is 2. The number of carbonyl (C=O) groups excluding carboxylic acids is 1. The molecule has 2 atom stereocenters. The smallest absolute Gasteiger partial charge is 0.240 e. The van der Waals surface area contributed by atoms with Crippen molar-refractivity contribution in [3.05, 3.63) is 30.1 Å². The van der Waals surface area contributed by atoms with Crippen LogP contribution in [-0.4, -0.2) is 50.9 Å². The number of hydrogen-bond donors (Lipinski definition) is 2. The Morgan fingerprint density at radius 2 is 1.81 bits per heavy atom. The van der Waals surface area contributed by atoms with Crippen LogP contribution in [0.15, 0.2) is 29.2 Å². The largest absolute Gasteiger partial charge is 0.342 e. The van der Waals surface area contributed by atoms with Gasteiger partial charge in [0, 0.05) is 31.1 Å². The maximum absolute atomic E-state index is 13.0. The molecule has 2 N–H and O–H groups in total. The van der Waals surface area contributed by atoms with E-state index in [0.717, 1.165) is 31.5 Å². The number of rotatable bonds is 4. The third-order valence-corrected chi connectivity index (χ3v) is 6.76. The molecule has 9 heteroatoms. The molecule has 2 aliphatic heterocycles. The van der Waals surface area contributed by atoms with Gasteiger partial charge < -0.3 is 10.2 Å². The highest BCUT2D eigenvalue weighted by Crippen LogP contribution is 2.22. The van der Waals surface area contributed by atoms with Crippen molar-refractivity contribution in [3.63, 3.8) is 0 Å². The first kappa shape index (κ1) is 22.1. The van der Waals surface area contributed by atoms with E-state index in [1.165, 1.54) is 12.1 Å². The zero-order chi connectivity index (χ0) is 18.7. The number of hydrogen-bond acceptors (Lipinski definition) is 4. The standard InChI is InChI=1S/C18H26FN3O3S.ClH/c1-13-12-14(6-9-20-13)18(23)22-10-7-16(8-11-22)21-26(24,25)17-4-2-15(19)3-5-17;/h2-5,13-14,16,20-21H,6-12H2,1H3;1H/t13-,14-;/m0./s1. The third kappa shape index (κ3) is 5.63. The molecule has 0 unspecified atom stereocenters. The second-order valence-corrected chi connectivity index (χ2v) is 8.97. The van der Waals surface area contributed by atoms with Crippen LogP contribution in [0.5, 0.6) is 0 Å². The fourth-order valence-electron chi connectivity index (χ4n) is 3.73. The van der Waals surface area contributed by atoms with E-state index in [1.807, 2.05) is 4.90 Å². The summed E-state index contributed by atoms with van der Waals surface area (Å²) in [5, 5.41) is 3.35. The molecule has 1 aromatic rings. The number of likely N-dealkylation sites (tertiary alicyclic amines) is 1. The van der Waals surface area contributed by atoms with Crippen molar-refractivity contribution in [2.45, 2.75) is 49.6 Å².